The van der Waals surface area contributed by atoms with Crippen LogP contribution in [0.4, 0.5) is 5.69 Å². The molecule has 2 N–H and O–H groups in total. The lowest BCUT2D eigenvalue weighted by Gasteiger charge is -2.24. The average molecular weight is 357 g/mol. The van der Waals surface area contributed by atoms with Crippen molar-refractivity contribution in [3.8, 4) is 0 Å². The summed E-state index contributed by atoms with van der Waals surface area (Å²) in [7, 11) is 0. The summed E-state index contributed by atoms with van der Waals surface area (Å²) in [6.45, 7) is 3.31. The first-order chi connectivity index (χ1) is 12.6. The number of nitrogens with one attached hydrogen (secondary N) is 2. The number of carbonyl (C=O) groups is 3. The number of rotatable bonds is 7. The predicted molar refractivity (Wildman–Crippen MR) is 99.8 cm³/mol. The molecule has 1 atom stereocenters. The van der Waals surface area contributed by atoms with E-state index in [1.54, 1.807) is 29.2 Å². The Kier molecular flexibility index (Phi) is 5.91. The molecule has 3 amide bonds. The zero-order valence-electron chi connectivity index (χ0n) is 15.3. The zero-order chi connectivity index (χ0) is 18.5. The molecule has 1 unspecified atom stereocenters. The lowest BCUT2D eigenvalue weighted by Crippen LogP contribution is -2.46. The van der Waals surface area contributed by atoms with Crippen molar-refractivity contribution in [2.45, 2.75) is 51.5 Å². The quantitative estimate of drug-likeness (QED) is 0.736. The highest BCUT2D eigenvalue weighted by Gasteiger charge is 2.34. The number of anilines is 1. The molecule has 2 aliphatic rings. The topological polar surface area (TPSA) is 78.5 Å². The minimum atomic E-state index is -0.399. The molecule has 0 aromatic heterocycles. The third-order valence-electron chi connectivity index (χ3n) is 4.97. The molecule has 2 fully saturated rings. The van der Waals surface area contributed by atoms with Crippen molar-refractivity contribution in [1.29, 1.82) is 0 Å². The van der Waals surface area contributed by atoms with Crippen LogP contribution in [0.1, 0.15) is 55.8 Å². The van der Waals surface area contributed by atoms with E-state index in [4.69, 9.17) is 0 Å². The molecular formula is C20H27N3O3. The summed E-state index contributed by atoms with van der Waals surface area (Å²) in [6, 6.07) is 6.59. The van der Waals surface area contributed by atoms with E-state index in [0.717, 1.165) is 32.1 Å². The van der Waals surface area contributed by atoms with Gasteiger partial charge in [0, 0.05) is 30.3 Å². The number of nitrogens with zero attached hydrogens (tertiary/aromatic N) is 1. The standard InChI is InChI=1S/C20H27N3O3/c1-2-3-11-21-19(25)17-8-5-12-23(17)20(26)15-6-4-7-16(13-15)22-18(24)14-9-10-14/h4,6-7,13-14,17H,2-3,5,8-12H2,1H3,(H,21,25)(H,22,24). The molecule has 3 rings (SSSR count). The van der Waals surface area contributed by atoms with Gasteiger partial charge in [-0.05, 0) is 50.3 Å². The Labute approximate surface area is 154 Å². The first-order valence-electron chi connectivity index (χ1n) is 9.59. The second-order valence-corrected chi connectivity index (χ2v) is 7.15. The molecule has 1 saturated heterocycles. The number of amides is 3. The highest BCUT2D eigenvalue weighted by Crippen LogP contribution is 2.30. The van der Waals surface area contributed by atoms with Gasteiger partial charge in [0.2, 0.25) is 11.8 Å². The fraction of sp³-hybridized carbons (Fsp3) is 0.550. The van der Waals surface area contributed by atoms with Gasteiger partial charge in [0.25, 0.3) is 5.91 Å². The molecule has 6 heteroatoms. The van der Waals surface area contributed by atoms with Crippen molar-refractivity contribution in [1.82, 2.24) is 10.2 Å². The number of hydrogen-bond donors (Lipinski definition) is 2. The number of likely N-dealkylation sites (tertiary alicyclic amines) is 1. The monoisotopic (exact) mass is 357 g/mol. The van der Waals surface area contributed by atoms with E-state index in [9.17, 15) is 14.4 Å². The number of unbranched alkanes of at least 4 members (excludes halogenated alkanes) is 1. The first-order valence-corrected chi connectivity index (χ1v) is 9.59. The normalized spacial score (nSPS) is 19.3. The third kappa shape index (κ3) is 4.42. The van der Waals surface area contributed by atoms with E-state index in [-0.39, 0.29) is 23.6 Å². The molecule has 1 heterocycles. The smallest absolute Gasteiger partial charge is 0.254 e. The summed E-state index contributed by atoms with van der Waals surface area (Å²) in [6.07, 6.45) is 5.36. The molecule has 26 heavy (non-hydrogen) atoms. The van der Waals surface area contributed by atoms with Crippen molar-refractivity contribution in [2.24, 2.45) is 5.92 Å². The Bertz CT molecular complexity index is 685. The highest BCUT2D eigenvalue weighted by atomic mass is 16.2. The van der Waals surface area contributed by atoms with E-state index >= 15 is 0 Å². The van der Waals surface area contributed by atoms with Gasteiger partial charge in [-0.15, -0.1) is 0 Å². The fourth-order valence-corrected chi connectivity index (χ4v) is 3.27. The van der Waals surface area contributed by atoms with Gasteiger partial charge < -0.3 is 15.5 Å². The second kappa shape index (κ2) is 8.34. The van der Waals surface area contributed by atoms with Gasteiger partial charge in [-0.2, -0.15) is 0 Å². The highest BCUT2D eigenvalue weighted by molar-refractivity contribution is 6.00. The van der Waals surface area contributed by atoms with Gasteiger partial charge in [-0.1, -0.05) is 19.4 Å². The molecule has 1 aromatic carbocycles. The maximum Gasteiger partial charge on any atom is 0.254 e. The number of benzene rings is 1. The Hall–Kier alpha value is -2.37. The van der Waals surface area contributed by atoms with Gasteiger partial charge >= 0.3 is 0 Å². The predicted octanol–water partition coefficient (Wildman–Crippen LogP) is 2.56. The van der Waals surface area contributed by atoms with Crippen LogP contribution in [0.3, 0.4) is 0 Å². The summed E-state index contributed by atoms with van der Waals surface area (Å²) < 4.78 is 0. The fourth-order valence-electron chi connectivity index (χ4n) is 3.27. The maximum atomic E-state index is 12.9. The lowest BCUT2D eigenvalue weighted by molar-refractivity contribution is -0.124. The minimum Gasteiger partial charge on any atom is -0.354 e. The largest absolute Gasteiger partial charge is 0.354 e. The molecule has 6 nitrogen and oxygen atoms in total. The number of hydrogen-bond acceptors (Lipinski definition) is 3. The van der Waals surface area contributed by atoms with Gasteiger partial charge in [0.15, 0.2) is 0 Å². The van der Waals surface area contributed by atoms with E-state index in [2.05, 4.69) is 17.6 Å². The Morgan fingerprint density at radius 3 is 2.69 bits per heavy atom. The maximum absolute atomic E-state index is 12.9. The van der Waals surface area contributed by atoms with Crippen LogP contribution in [0, 0.1) is 5.92 Å². The van der Waals surface area contributed by atoms with Crippen LogP contribution < -0.4 is 10.6 Å². The summed E-state index contributed by atoms with van der Waals surface area (Å²) in [5, 5.41) is 5.80. The first kappa shape index (κ1) is 18.4. The van der Waals surface area contributed by atoms with Gasteiger partial charge in [0.05, 0.1) is 0 Å². The summed E-state index contributed by atoms with van der Waals surface area (Å²) in [5.41, 5.74) is 1.14. The SMILES string of the molecule is CCCCNC(=O)C1CCCN1C(=O)c1cccc(NC(=O)C2CC2)c1. The van der Waals surface area contributed by atoms with Crippen molar-refractivity contribution in [3.63, 3.8) is 0 Å². The molecule has 0 radical (unpaired) electrons. The molecule has 1 aliphatic carbocycles. The van der Waals surface area contributed by atoms with Crippen LogP contribution in [0.5, 0.6) is 0 Å². The number of carbonyl (C=O) groups excluding carboxylic acids is 3. The minimum absolute atomic E-state index is 0.0175. The molecule has 0 bridgehead atoms. The van der Waals surface area contributed by atoms with Crippen LogP contribution in [-0.4, -0.2) is 41.8 Å². The van der Waals surface area contributed by atoms with E-state index in [1.165, 1.54) is 0 Å². The molecule has 1 saturated carbocycles. The van der Waals surface area contributed by atoms with E-state index in [1.807, 2.05) is 0 Å². The van der Waals surface area contributed by atoms with Crippen LogP contribution in [0.25, 0.3) is 0 Å². The molecule has 0 spiro atoms. The summed E-state index contributed by atoms with van der Waals surface area (Å²) >= 11 is 0. The van der Waals surface area contributed by atoms with Crippen LogP contribution >= 0.6 is 0 Å². The van der Waals surface area contributed by atoms with Crippen molar-refractivity contribution in [3.05, 3.63) is 29.8 Å². The molecular weight excluding hydrogens is 330 g/mol. The van der Waals surface area contributed by atoms with Crippen molar-refractivity contribution in [2.75, 3.05) is 18.4 Å². The third-order valence-corrected chi connectivity index (χ3v) is 4.97. The van der Waals surface area contributed by atoms with Crippen molar-refractivity contribution >= 4 is 23.4 Å². The Morgan fingerprint density at radius 2 is 1.96 bits per heavy atom. The van der Waals surface area contributed by atoms with E-state index in [0.29, 0.717) is 30.8 Å². The Morgan fingerprint density at radius 1 is 1.15 bits per heavy atom. The molecule has 140 valence electrons. The summed E-state index contributed by atoms with van der Waals surface area (Å²) in [5.74, 6) is -0.0868. The van der Waals surface area contributed by atoms with Crippen LogP contribution in [0.2, 0.25) is 0 Å². The lowest BCUT2D eigenvalue weighted by atomic mass is 10.1. The van der Waals surface area contributed by atoms with Gasteiger partial charge in [-0.25, -0.2) is 0 Å². The van der Waals surface area contributed by atoms with Crippen molar-refractivity contribution < 1.29 is 14.4 Å². The molecule has 1 aromatic rings. The summed E-state index contributed by atoms with van der Waals surface area (Å²) in [4.78, 5) is 38.9. The zero-order valence-corrected chi connectivity index (χ0v) is 15.3. The Balaban J connectivity index is 1.65. The van der Waals surface area contributed by atoms with Gasteiger partial charge in [-0.3, -0.25) is 14.4 Å². The van der Waals surface area contributed by atoms with E-state index < -0.39 is 6.04 Å². The second-order valence-electron chi connectivity index (χ2n) is 7.15. The van der Waals surface area contributed by atoms with Crippen LogP contribution in [-0.2, 0) is 9.59 Å². The average Bonchev–Trinajstić information content (AvgIpc) is 3.38. The van der Waals surface area contributed by atoms with Crippen LogP contribution in [0.15, 0.2) is 24.3 Å². The van der Waals surface area contributed by atoms with Gasteiger partial charge in [0.1, 0.15) is 6.04 Å². The molecule has 1 aliphatic heterocycles.